The molecule has 2 atom stereocenters. The van der Waals surface area contributed by atoms with Crippen molar-refractivity contribution in [1.29, 1.82) is 0 Å². The van der Waals surface area contributed by atoms with E-state index in [-0.39, 0.29) is 11.9 Å². The molecule has 0 heterocycles. The predicted molar refractivity (Wildman–Crippen MR) is 127 cm³/mol. The van der Waals surface area contributed by atoms with Crippen molar-refractivity contribution in [3.8, 4) is 5.75 Å². The highest BCUT2D eigenvalue weighted by Gasteiger charge is 2.26. The molecule has 0 aliphatic carbocycles. The molecule has 0 fully saturated rings. The van der Waals surface area contributed by atoms with E-state index in [0.717, 1.165) is 31.2 Å². The van der Waals surface area contributed by atoms with E-state index in [0.29, 0.717) is 5.33 Å². The van der Waals surface area contributed by atoms with Gasteiger partial charge >= 0.3 is 7.82 Å². The van der Waals surface area contributed by atoms with E-state index in [1.807, 2.05) is 13.0 Å². The molecule has 2 unspecified atom stereocenters. The van der Waals surface area contributed by atoms with E-state index in [1.54, 1.807) is 18.2 Å². The van der Waals surface area contributed by atoms with Gasteiger partial charge in [0.25, 0.3) is 0 Å². The lowest BCUT2D eigenvalue weighted by molar-refractivity contribution is -0.258. The Morgan fingerprint density at radius 3 is 2.13 bits per heavy atom. The van der Waals surface area contributed by atoms with E-state index >= 15 is 0 Å². The van der Waals surface area contributed by atoms with Crippen molar-refractivity contribution < 1.29 is 23.5 Å². The minimum absolute atomic E-state index is 0.207. The van der Waals surface area contributed by atoms with Crippen LogP contribution in [0.2, 0.25) is 0 Å². The number of rotatable bonds is 19. The van der Waals surface area contributed by atoms with Gasteiger partial charge in [-0.15, -0.1) is 4.67 Å². The van der Waals surface area contributed by atoms with Crippen molar-refractivity contribution in [2.24, 2.45) is 0 Å². The first-order chi connectivity index (χ1) is 14.5. The van der Waals surface area contributed by atoms with Crippen molar-refractivity contribution in [2.75, 3.05) is 0 Å². The molecular weight excluding hydrogens is 467 g/mol. The smallest absolute Gasteiger partial charge is 0.403 e. The Balaban J connectivity index is 2.14. The third kappa shape index (κ3) is 13.8. The molecule has 7 heteroatoms. The van der Waals surface area contributed by atoms with Crippen LogP contribution in [0.5, 0.6) is 5.75 Å². The summed E-state index contributed by atoms with van der Waals surface area (Å²) in [6.07, 6.45) is 15.5. The lowest BCUT2D eigenvalue weighted by Gasteiger charge is -2.17. The zero-order valence-electron chi connectivity index (χ0n) is 18.7. The van der Waals surface area contributed by atoms with Gasteiger partial charge < -0.3 is 4.52 Å². The molecule has 0 amide bonds. The summed E-state index contributed by atoms with van der Waals surface area (Å²) in [5, 5.41) is 0.633. The lowest BCUT2D eigenvalue weighted by atomic mass is 10.0. The molecule has 0 aromatic heterocycles. The molecule has 0 saturated carbocycles. The Kier molecular flexibility index (Phi) is 15.8. The van der Waals surface area contributed by atoms with Gasteiger partial charge in [0, 0.05) is 5.33 Å². The molecule has 5 nitrogen and oxygen atoms in total. The highest BCUT2D eigenvalue weighted by atomic mass is 79.9. The molecule has 0 radical (unpaired) electrons. The van der Waals surface area contributed by atoms with Crippen LogP contribution in [-0.4, -0.2) is 11.0 Å². The largest absolute Gasteiger partial charge is 0.555 e. The van der Waals surface area contributed by atoms with Gasteiger partial charge in [-0.3, -0.25) is 4.89 Å². The maximum Gasteiger partial charge on any atom is 0.555 e. The van der Waals surface area contributed by atoms with Crippen LogP contribution in [0.1, 0.15) is 103 Å². The Morgan fingerprint density at radius 1 is 0.967 bits per heavy atom. The normalized spacial score (nSPS) is 14.4. The van der Waals surface area contributed by atoms with Crippen LogP contribution in [0, 0.1) is 0 Å². The van der Waals surface area contributed by atoms with Gasteiger partial charge in [-0.25, -0.2) is 9.45 Å². The predicted octanol–water partition coefficient (Wildman–Crippen LogP) is 8.49. The maximum absolute atomic E-state index is 12.1. The van der Waals surface area contributed by atoms with Crippen LogP contribution in [0.3, 0.4) is 0 Å². The average Bonchev–Trinajstić information content (AvgIpc) is 2.74. The number of phosphoric acid groups is 1. The fraction of sp³-hybridized carbons (Fsp3) is 0.739. The Labute approximate surface area is 191 Å². The summed E-state index contributed by atoms with van der Waals surface area (Å²) in [7, 11) is -4.32. The SMILES string of the molecule is CCCCCCCCCCCCCC(CC)OOP(=O)(O)Oc1cccc(CBr)c1. The number of benzene rings is 1. The lowest BCUT2D eigenvalue weighted by Crippen LogP contribution is -2.12. The average molecular weight is 507 g/mol. The van der Waals surface area contributed by atoms with E-state index in [9.17, 15) is 9.46 Å². The number of alkyl halides is 1. The number of hydrogen-bond acceptors (Lipinski definition) is 4. The minimum atomic E-state index is -4.32. The summed E-state index contributed by atoms with van der Waals surface area (Å²) in [4.78, 5) is 15.1. The van der Waals surface area contributed by atoms with Crippen molar-refractivity contribution in [1.82, 2.24) is 0 Å². The molecule has 0 spiro atoms. The van der Waals surface area contributed by atoms with Gasteiger partial charge in [0.05, 0.1) is 6.10 Å². The van der Waals surface area contributed by atoms with Gasteiger partial charge in [0.15, 0.2) is 0 Å². The van der Waals surface area contributed by atoms with Crippen LogP contribution in [0.15, 0.2) is 24.3 Å². The summed E-state index contributed by atoms with van der Waals surface area (Å²) in [6.45, 7) is 4.23. The number of phosphoric ester groups is 1. The molecule has 0 aliphatic heterocycles. The number of unbranched alkanes of at least 4 members (excludes halogenated alkanes) is 10. The Hall–Kier alpha value is -0.390. The van der Waals surface area contributed by atoms with Crippen molar-refractivity contribution in [3.63, 3.8) is 0 Å². The van der Waals surface area contributed by atoms with E-state index in [4.69, 9.17) is 14.1 Å². The van der Waals surface area contributed by atoms with Gasteiger partial charge in [-0.1, -0.05) is 113 Å². The topological polar surface area (TPSA) is 65.0 Å². The quantitative estimate of drug-likeness (QED) is 0.0669. The molecule has 30 heavy (non-hydrogen) atoms. The summed E-state index contributed by atoms with van der Waals surface area (Å²) < 4.78 is 22.0. The second-order valence-corrected chi connectivity index (χ2v) is 9.70. The molecule has 1 aromatic rings. The molecule has 0 saturated heterocycles. The van der Waals surface area contributed by atoms with Gasteiger partial charge in [0.1, 0.15) is 5.75 Å². The van der Waals surface area contributed by atoms with Crippen LogP contribution >= 0.6 is 23.8 Å². The molecular formula is C23H40BrO5P. The van der Waals surface area contributed by atoms with Crippen LogP contribution in [-0.2, 0) is 19.5 Å². The summed E-state index contributed by atoms with van der Waals surface area (Å²) >= 11 is 3.35. The third-order valence-corrected chi connectivity index (χ3v) is 6.50. The number of hydrogen-bond donors (Lipinski definition) is 1. The molecule has 1 aromatic carbocycles. The zero-order chi connectivity index (χ0) is 22.1. The standard InChI is InChI=1S/C23H40BrO5P/c1-3-5-6-7-8-9-10-11-12-13-14-17-22(4-2)27-29-30(25,26)28-23-18-15-16-21(19-23)20-24/h15-16,18-19,22H,3-14,17,20H2,1-2H3,(H,25,26). The molecule has 1 rings (SSSR count). The van der Waals surface area contributed by atoms with Crippen LogP contribution in [0.4, 0.5) is 0 Å². The van der Waals surface area contributed by atoms with Gasteiger partial charge in [0.2, 0.25) is 0 Å². The monoisotopic (exact) mass is 506 g/mol. The van der Waals surface area contributed by atoms with Crippen molar-refractivity contribution in [3.05, 3.63) is 29.8 Å². The van der Waals surface area contributed by atoms with E-state index in [1.165, 1.54) is 57.8 Å². The summed E-state index contributed by atoms with van der Waals surface area (Å²) in [6, 6.07) is 6.94. The van der Waals surface area contributed by atoms with Gasteiger partial charge in [-0.05, 0) is 30.5 Å². The summed E-state index contributed by atoms with van der Waals surface area (Å²) in [5.41, 5.74) is 0.941. The second-order valence-electron chi connectivity index (χ2n) is 7.87. The highest BCUT2D eigenvalue weighted by Crippen LogP contribution is 2.44. The van der Waals surface area contributed by atoms with Crippen molar-refractivity contribution in [2.45, 2.75) is 109 Å². The molecule has 0 bridgehead atoms. The fourth-order valence-corrected chi connectivity index (χ4v) is 4.30. The first-order valence-corrected chi connectivity index (χ1v) is 14.1. The second kappa shape index (κ2) is 17.2. The van der Waals surface area contributed by atoms with E-state index in [2.05, 4.69) is 22.9 Å². The Bertz CT molecular complexity index is 599. The zero-order valence-corrected chi connectivity index (χ0v) is 21.2. The molecule has 1 N–H and O–H groups in total. The maximum atomic E-state index is 12.1. The molecule has 0 aliphatic rings. The minimum Gasteiger partial charge on any atom is -0.403 e. The fourth-order valence-electron chi connectivity index (χ4n) is 3.31. The third-order valence-electron chi connectivity index (χ3n) is 5.13. The first-order valence-electron chi connectivity index (χ1n) is 11.5. The molecule has 174 valence electrons. The van der Waals surface area contributed by atoms with Crippen LogP contribution in [0.25, 0.3) is 0 Å². The van der Waals surface area contributed by atoms with E-state index < -0.39 is 7.82 Å². The van der Waals surface area contributed by atoms with Gasteiger partial charge in [-0.2, -0.15) is 0 Å². The van der Waals surface area contributed by atoms with Crippen LogP contribution < -0.4 is 4.52 Å². The first kappa shape index (κ1) is 27.6. The Morgan fingerprint density at radius 2 is 1.57 bits per heavy atom. The highest BCUT2D eigenvalue weighted by molar-refractivity contribution is 9.08. The van der Waals surface area contributed by atoms with Crippen molar-refractivity contribution >= 4 is 23.8 Å². The number of halogens is 1. The summed E-state index contributed by atoms with van der Waals surface area (Å²) in [5.74, 6) is 0.278.